The quantitative estimate of drug-likeness (QED) is 0.305. The van der Waals surface area contributed by atoms with Crippen molar-refractivity contribution in [2.45, 2.75) is 6.42 Å². The van der Waals surface area contributed by atoms with Crippen LogP contribution in [-0.2, 0) is 4.74 Å². The minimum Gasteiger partial charge on any atom is -0.491 e. The van der Waals surface area contributed by atoms with Gasteiger partial charge in [0.05, 0.1) is 13.2 Å². The van der Waals surface area contributed by atoms with Crippen LogP contribution < -0.4 is 10.1 Å². The average molecular weight is 469 g/mol. The topological polar surface area (TPSA) is 46.1 Å². The van der Waals surface area contributed by atoms with Gasteiger partial charge in [-0.15, -0.1) is 24.0 Å². The Kier molecular flexibility index (Phi) is 8.44. The van der Waals surface area contributed by atoms with E-state index < -0.39 is 0 Å². The molecule has 1 aliphatic rings. The number of fused-ring (bicyclic) bond motifs is 1. The van der Waals surface area contributed by atoms with Gasteiger partial charge in [0.2, 0.25) is 0 Å². The van der Waals surface area contributed by atoms with Gasteiger partial charge in [-0.25, -0.2) is 0 Å². The predicted octanol–water partition coefficient (Wildman–Crippen LogP) is 3.38. The van der Waals surface area contributed by atoms with E-state index in [1.54, 1.807) is 7.11 Å². The summed E-state index contributed by atoms with van der Waals surface area (Å²) in [5.74, 6) is 2.46. The first-order valence-electron chi connectivity index (χ1n) is 8.87. The fourth-order valence-corrected chi connectivity index (χ4v) is 3.37. The summed E-state index contributed by atoms with van der Waals surface area (Å²) in [6, 6.07) is 14.4. The van der Waals surface area contributed by atoms with E-state index in [9.17, 15) is 0 Å². The first-order chi connectivity index (χ1) is 12.3. The summed E-state index contributed by atoms with van der Waals surface area (Å²) in [4.78, 5) is 6.69. The number of benzene rings is 2. The lowest BCUT2D eigenvalue weighted by atomic mass is 10.1. The van der Waals surface area contributed by atoms with E-state index in [1.165, 1.54) is 5.39 Å². The van der Waals surface area contributed by atoms with Crippen LogP contribution in [0.15, 0.2) is 47.5 Å². The number of likely N-dealkylation sites (tertiary alicyclic amines) is 1. The SMILES string of the molecule is CN=C(NCCOc1cccc2ccccc12)N1CCC(COC)C1.I. The minimum atomic E-state index is 0. The highest BCUT2D eigenvalue weighted by Crippen LogP contribution is 2.24. The van der Waals surface area contributed by atoms with Crippen molar-refractivity contribution >= 4 is 40.7 Å². The van der Waals surface area contributed by atoms with Crippen LogP contribution in [-0.4, -0.2) is 57.9 Å². The first kappa shape index (κ1) is 20.8. The molecule has 6 heteroatoms. The Bertz CT molecular complexity index is 718. The molecule has 26 heavy (non-hydrogen) atoms. The molecule has 142 valence electrons. The van der Waals surface area contributed by atoms with Crippen molar-refractivity contribution in [1.29, 1.82) is 0 Å². The van der Waals surface area contributed by atoms with Gasteiger partial charge in [-0.2, -0.15) is 0 Å². The molecule has 0 saturated carbocycles. The van der Waals surface area contributed by atoms with Crippen LogP contribution in [0.2, 0.25) is 0 Å². The second-order valence-corrected chi connectivity index (χ2v) is 6.36. The third-order valence-corrected chi connectivity index (χ3v) is 4.59. The predicted molar refractivity (Wildman–Crippen MR) is 118 cm³/mol. The van der Waals surface area contributed by atoms with Crippen LogP contribution in [0, 0.1) is 5.92 Å². The molecule has 0 amide bonds. The maximum absolute atomic E-state index is 5.98. The van der Waals surface area contributed by atoms with Crippen molar-refractivity contribution in [3.05, 3.63) is 42.5 Å². The number of guanidine groups is 1. The molecule has 0 aromatic heterocycles. The Labute approximate surface area is 172 Å². The van der Waals surface area contributed by atoms with E-state index in [1.807, 2.05) is 31.3 Å². The molecule has 0 bridgehead atoms. The van der Waals surface area contributed by atoms with E-state index in [0.29, 0.717) is 12.5 Å². The van der Waals surface area contributed by atoms with Crippen LogP contribution in [0.25, 0.3) is 10.8 Å². The van der Waals surface area contributed by atoms with E-state index in [-0.39, 0.29) is 24.0 Å². The Balaban J connectivity index is 0.00000243. The summed E-state index contributed by atoms with van der Waals surface area (Å²) in [6.07, 6.45) is 1.15. The number of nitrogens with one attached hydrogen (secondary N) is 1. The smallest absolute Gasteiger partial charge is 0.193 e. The number of aliphatic imine (C=N–C) groups is 1. The highest BCUT2D eigenvalue weighted by atomic mass is 127. The fourth-order valence-electron chi connectivity index (χ4n) is 3.37. The zero-order valence-electron chi connectivity index (χ0n) is 15.5. The monoisotopic (exact) mass is 469 g/mol. The standard InChI is InChI=1S/C20H27N3O2.HI/c1-21-20(23-12-10-16(14-23)15-24-2)22-11-13-25-19-9-5-7-17-6-3-4-8-18(17)19;/h3-9,16H,10-15H2,1-2H3,(H,21,22);1H. The Hall–Kier alpha value is -1.54. The van der Waals surface area contributed by atoms with Crippen molar-refractivity contribution < 1.29 is 9.47 Å². The second kappa shape index (κ2) is 10.6. The number of hydrogen-bond donors (Lipinski definition) is 1. The summed E-state index contributed by atoms with van der Waals surface area (Å²) < 4.78 is 11.2. The van der Waals surface area contributed by atoms with Crippen LogP contribution in [0.4, 0.5) is 0 Å². The van der Waals surface area contributed by atoms with Crippen molar-refractivity contribution in [1.82, 2.24) is 10.2 Å². The molecule has 1 atom stereocenters. The van der Waals surface area contributed by atoms with Gasteiger partial charge in [0.15, 0.2) is 5.96 Å². The summed E-state index contributed by atoms with van der Waals surface area (Å²) in [5, 5.41) is 5.75. The van der Waals surface area contributed by atoms with Crippen LogP contribution in [0.3, 0.4) is 0 Å². The van der Waals surface area contributed by atoms with Crippen LogP contribution >= 0.6 is 24.0 Å². The van der Waals surface area contributed by atoms with Gasteiger partial charge < -0.3 is 19.7 Å². The van der Waals surface area contributed by atoms with Gasteiger partial charge in [0.25, 0.3) is 0 Å². The number of rotatable bonds is 6. The summed E-state index contributed by atoms with van der Waals surface area (Å²) in [7, 11) is 3.60. The van der Waals surface area contributed by atoms with Crippen molar-refractivity contribution in [3.8, 4) is 5.75 Å². The maximum atomic E-state index is 5.98. The summed E-state index contributed by atoms with van der Waals surface area (Å²) in [6.45, 7) is 4.16. The first-order valence-corrected chi connectivity index (χ1v) is 8.87. The molecule has 0 aliphatic carbocycles. The van der Waals surface area contributed by atoms with Gasteiger partial charge in [-0.05, 0) is 17.9 Å². The molecule has 2 aromatic carbocycles. The highest BCUT2D eigenvalue weighted by molar-refractivity contribution is 14.0. The second-order valence-electron chi connectivity index (χ2n) is 6.36. The van der Waals surface area contributed by atoms with Crippen molar-refractivity contribution in [2.24, 2.45) is 10.9 Å². The van der Waals surface area contributed by atoms with Gasteiger partial charge in [0, 0.05) is 38.6 Å². The molecule has 1 saturated heterocycles. The highest BCUT2D eigenvalue weighted by Gasteiger charge is 2.24. The van der Waals surface area contributed by atoms with Gasteiger partial charge in [0.1, 0.15) is 12.4 Å². The number of halogens is 1. The Morgan fingerprint density at radius 1 is 1.23 bits per heavy atom. The third kappa shape index (κ3) is 5.23. The van der Waals surface area contributed by atoms with Crippen molar-refractivity contribution in [2.75, 3.05) is 47.0 Å². The van der Waals surface area contributed by atoms with E-state index in [0.717, 1.165) is 49.8 Å². The Morgan fingerprint density at radius 2 is 2.04 bits per heavy atom. The maximum Gasteiger partial charge on any atom is 0.193 e. The van der Waals surface area contributed by atoms with Gasteiger partial charge in [-0.1, -0.05) is 36.4 Å². The lowest BCUT2D eigenvalue weighted by Gasteiger charge is -2.21. The molecular weight excluding hydrogens is 441 g/mol. The largest absolute Gasteiger partial charge is 0.491 e. The van der Waals surface area contributed by atoms with E-state index in [2.05, 4.69) is 33.4 Å². The molecular formula is C20H28IN3O2. The summed E-state index contributed by atoms with van der Waals surface area (Å²) >= 11 is 0. The lowest BCUT2D eigenvalue weighted by molar-refractivity contribution is 0.157. The lowest BCUT2D eigenvalue weighted by Crippen LogP contribution is -2.41. The van der Waals surface area contributed by atoms with Crippen LogP contribution in [0.1, 0.15) is 6.42 Å². The average Bonchev–Trinajstić information content (AvgIpc) is 3.10. The number of nitrogens with zero attached hydrogens (tertiary/aromatic N) is 2. The molecule has 3 rings (SSSR count). The number of hydrogen-bond acceptors (Lipinski definition) is 3. The van der Waals surface area contributed by atoms with E-state index >= 15 is 0 Å². The Morgan fingerprint density at radius 3 is 2.85 bits per heavy atom. The zero-order valence-corrected chi connectivity index (χ0v) is 17.8. The third-order valence-electron chi connectivity index (χ3n) is 4.59. The van der Waals surface area contributed by atoms with Gasteiger partial charge in [-0.3, -0.25) is 4.99 Å². The molecule has 1 fully saturated rings. The molecule has 1 heterocycles. The molecule has 0 radical (unpaired) electrons. The normalized spacial score (nSPS) is 17.2. The fraction of sp³-hybridized carbons (Fsp3) is 0.450. The molecule has 1 aliphatic heterocycles. The number of methoxy groups -OCH3 is 1. The molecule has 0 spiro atoms. The van der Waals surface area contributed by atoms with Crippen molar-refractivity contribution in [3.63, 3.8) is 0 Å². The number of ether oxygens (including phenoxy) is 2. The van der Waals surface area contributed by atoms with Gasteiger partial charge >= 0.3 is 0 Å². The zero-order chi connectivity index (χ0) is 17.5. The van der Waals surface area contributed by atoms with Crippen LogP contribution in [0.5, 0.6) is 5.75 Å². The van der Waals surface area contributed by atoms with E-state index in [4.69, 9.17) is 9.47 Å². The molecule has 5 nitrogen and oxygen atoms in total. The molecule has 1 N–H and O–H groups in total. The molecule has 2 aromatic rings. The minimum absolute atomic E-state index is 0. The summed E-state index contributed by atoms with van der Waals surface area (Å²) in [5.41, 5.74) is 0. The molecule has 1 unspecified atom stereocenters.